The molecule has 2 aliphatic rings. The lowest BCUT2D eigenvalue weighted by atomic mass is 9.85. The van der Waals surface area contributed by atoms with Crippen LogP contribution in [0.15, 0.2) is 0 Å². The monoisotopic (exact) mass is 203 g/mol. The van der Waals surface area contributed by atoms with Gasteiger partial charge in [0.2, 0.25) is 0 Å². The van der Waals surface area contributed by atoms with Crippen LogP contribution in [0, 0.1) is 11.8 Å². The third kappa shape index (κ3) is 2.38. The molecule has 2 unspecified atom stereocenters. The molecule has 0 N–H and O–H groups in total. The Morgan fingerprint density at radius 1 is 1.15 bits per heavy atom. The molecule has 0 bridgehead atoms. The van der Waals surface area contributed by atoms with Gasteiger partial charge in [-0.05, 0) is 44.6 Å². The number of rotatable bonds is 2. The number of likely N-dealkylation sites (tertiary alicyclic amines) is 1. The molecule has 2 atom stereocenters. The highest BCUT2D eigenvalue weighted by Gasteiger charge is 2.30. The SMILES string of the molecule is CC1CCN(CC2CCC2)C1C.Cl. The van der Waals surface area contributed by atoms with Crippen molar-refractivity contribution >= 4 is 12.4 Å². The highest BCUT2D eigenvalue weighted by atomic mass is 35.5. The minimum Gasteiger partial charge on any atom is -0.300 e. The number of hydrogen-bond donors (Lipinski definition) is 0. The lowest BCUT2D eigenvalue weighted by Gasteiger charge is -2.32. The van der Waals surface area contributed by atoms with Crippen LogP contribution in [0.2, 0.25) is 0 Å². The zero-order valence-electron chi connectivity index (χ0n) is 8.83. The van der Waals surface area contributed by atoms with E-state index in [9.17, 15) is 0 Å². The first-order chi connectivity index (χ1) is 5.77. The maximum absolute atomic E-state index is 2.70. The summed E-state index contributed by atoms with van der Waals surface area (Å²) in [5, 5.41) is 0. The van der Waals surface area contributed by atoms with Gasteiger partial charge in [-0.1, -0.05) is 13.3 Å². The van der Waals surface area contributed by atoms with E-state index < -0.39 is 0 Å². The molecule has 1 aliphatic heterocycles. The average Bonchev–Trinajstić information content (AvgIpc) is 2.27. The van der Waals surface area contributed by atoms with E-state index in [0.717, 1.165) is 17.9 Å². The second-order valence-corrected chi connectivity index (χ2v) is 4.80. The van der Waals surface area contributed by atoms with Gasteiger partial charge in [-0.25, -0.2) is 0 Å². The molecular weight excluding hydrogens is 182 g/mol. The summed E-state index contributed by atoms with van der Waals surface area (Å²) in [7, 11) is 0. The third-order valence-corrected chi connectivity index (χ3v) is 3.99. The summed E-state index contributed by atoms with van der Waals surface area (Å²) in [6, 6.07) is 0.852. The quantitative estimate of drug-likeness (QED) is 0.667. The molecule has 78 valence electrons. The number of halogens is 1. The van der Waals surface area contributed by atoms with E-state index in [-0.39, 0.29) is 12.4 Å². The van der Waals surface area contributed by atoms with Gasteiger partial charge in [-0.2, -0.15) is 0 Å². The van der Waals surface area contributed by atoms with E-state index in [4.69, 9.17) is 0 Å². The van der Waals surface area contributed by atoms with Crippen molar-refractivity contribution in [1.29, 1.82) is 0 Å². The van der Waals surface area contributed by atoms with E-state index >= 15 is 0 Å². The van der Waals surface area contributed by atoms with Crippen molar-refractivity contribution in [1.82, 2.24) is 4.90 Å². The summed E-state index contributed by atoms with van der Waals surface area (Å²) in [5.74, 6) is 1.99. The Hall–Kier alpha value is 0.250. The predicted molar refractivity (Wildman–Crippen MR) is 59.4 cm³/mol. The Labute approximate surface area is 88.3 Å². The van der Waals surface area contributed by atoms with Gasteiger partial charge >= 0.3 is 0 Å². The molecule has 2 heteroatoms. The van der Waals surface area contributed by atoms with E-state index in [1.54, 1.807) is 0 Å². The molecule has 1 saturated heterocycles. The molecular formula is C11H22ClN. The number of nitrogens with zero attached hydrogens (tertiary/aromatic N) is 1. The fourth-order valence-corrected chi connectivity index (χ4v) is 2.44. The minimum atomic E-state index is 0. The highest BCUT2D eigenvalue weighted by molar-refractivity contribution is 5.85. The van der Waals surface area contributed by atoms with E-state index in [1.165, 1.54) is 38.8 Å². The van der Waals surface area contributed by atoms with Crippen molar-refractivity contribution in [3.63, 3.8) is 0 Å². The smallest absolute Gasteiger partial charge is 0.00931 e. The second-order valence-electron chi connectivity index (χ2n) is 4.80. The van der Waals surface area contributed by atoms with Gasteiger partial charge in [0.05, 0.1) is 0 Å². The molecule has 13 heavy (non-hydrogen) atoms. The fraction of sp³-hybridized carbons (Fsp3) is 1.00. The van der Waals surface area contributed by atoms with E-state index in [2.05, 4.69) is 18.7 Å². The van der Waals surface area contributed by atoms with Gasteiger partial charge in [0.1, 0.15) is 0 Å². The van der Waals surface area contributed by atoms with Crippen LogP contribution in [0.5, 0.6) is 0 Å². The van der Waals surface area contributed by atoms with Crippen molar-refractivity contribution in [3.8, 4) is 0 Å². The summed E-state index contributed by atoms with van der Waals surface area (Å²) in [5.41, 5.74) is 0. The predicted octanol–water partition coefficient (Wildman–Crippen LogP) is 2.94. The average molecular weight is 204 g/mol. The van der Waals surface area contributed by atoms with Crippen LogP contribution in [-0.4, -0.2) is 24.0 Å². The van der Waals surface area contributed by atoms with Crippen LogP contribution in [0.3, 0.4) is 0 Å². The summed E-state index contributed by atoms with van der Waals surface area (Å²) >= 11 is 0. The minimum absolute atomic E-state index is 0. The molecule has 1 heterocycles. The molecule has 0 aromatic rings. The molecule has 2 rings (SSSR count). The lowest BCUT2D eigenvalue weighted by molar-refractivity contribution is 0.164. The van der Waals surface area contributed by atoms with E-state index in [1.807, 2.05) is 0 Å². The number of hydrogen-bond acceptors (Lipinski definition) is 1. The van der Waals surface area contributed by atoms with Gasteiger partial charge in [0.25, 0.3) is 0 Å². The maximum Gasteiger partial charge on any atom is 0.00931 e. The summed E-state index contributed by atoms with van der Waals surface area (Å²) in [6.07, 6.45) is 5.91. The molecule has 1 aliphatic carbocycles. The first-order valence-electron chi connectivity index (χ1n) is 5.51. The molecule has 0 amide bonds. The summed E-state index contributed by atoms with van der Waals surface area (Å²) < 4.78 is 0. The molecule has 0 radical (unpaired) electrons. The van der Waals surface area contributed by atoms with Crippen molar-refractivity contribution < 1.29 is 0 Å². The fourth-order valence-electron chi connectivity index (χ4n) is 2.44. The first-order valence-corrected chi connectivity index (χ1v) is 5.51. The van der Waals surface area contributed by atoms with Crippen molar-refractivity contribution in [2.45, 2.75) is 45.6 Å². The lowest BCUT2D eigenvalue weighted by Crippen LogP contribution is -2.36. The topological polar surface area (TPSA) is 3.24 Å². The summed E-state index contributed by atoms with van der Waals surface area (Å²) in [6.45, 7) is 7.55. The highest BCUT2D eigenvalue weighted by Crippen LogP contribution is 2.31. The molecule has 0 aromatic carbocycles. The van der Waals surface area contributed by atoms with Crippen molar-refractivity contribution in [2.75, 3.05) is 13.1 Å². The Bertz CT molecular complexity index is 156. The normalized spacial score (nSPS) is 35.5. The molecule has 0 spiro atoms. The Morgan fingerprint density at radius 3 is 2.23 bits per heavy atom. The van der Waals surface area contributed by atoms with Gasteiger partial charge in [-0.3, -0.25) is 0 Å². The zero-order chi connectivity index (χ0) is 8.55. The van der Waals surface area contributed by atoms with Gasteiger partial charge in [-0.15, -0.1) is 12.4 Å². The summed E-state index contributed by atoms with van der Waals surface area (Å²) in [4.78, 5) is 2.70. The van der Waals surface area contributed by atoms with E-state index in [0.29, 0.717) is 0 Å². The zero-order valence-corrected chi connectivity index (χ0v) is 9.65. The van der Waals surface area contributed by atoms with Gasteiger partial charge in [0, 0.05) is 12.6 Å². The molecule has 1 saturated carbocycles. The molecule has 2 fully saturated rings. The maximum atomic E-state index is 2.70. The Morgan fingerprint density at radius 2 is 1.85 bits per heavy atom. The molecule has 0 aromatic heterocycles. The van der Waals surface area contributed by atoms with Crippen LogP contribution in [0.25, 0.3) is 0 Å². The van der Waals surface area contributed by atoms with Crippen LogP contribution in [0.4, 0.5) is 0 Å². The van der Waals surface area contributed by atoms with Crippen LogP contribution in [0.1, 0.15) is 39.5 Å². The van der Waals surface area contributed by atoms with Crippen molar-refractivity contribution in [3.05, 3.63) is 0 Å². The van der Waals surface area contributed by atoms with Crippen LogP contribution in [-0.2, 0) is 0 Å². The van der Waals surface area contributed by atoms with Crippen LogP contribution >= 0.6 is 12.4 Å². The first kappa shape index (κ1) is 11.3. The van der Waals surface area contributed by atoms with Crippen molar-refractivity contribution in [2.24, 2.45) is 11.8 Å². The third-order valence-electron chi connectivity index (χ3n) is 3.99. The Balaban J connectivity index is 0.000000845. The second kappa shape index (κ2) is 4.65. The Kier molecular flexibility index (Phi) is 4.06. The van der Waals surface area contributed by atoms with Gasteiger partial charge in [0.15, 0.2) is 0 Å². The standard InChI is InChI=1S/C11H21N.ClH/c1-9-6-7-12(10(9)2)8-11-4-3-5-11;/h9-11H,3-8H2,1-2H3;1H. The molecule has 1 nitrogen and oxygen atoms in total. The largest absolute Gasteiger partial charge is 0.300 e. The van der Waals surface area contributed by atoms with Crippen LogP contribution < -0.4 is 0 Å². The van der Waals surface area contributed by atoms with Gasteiger partial charge < -0.3 is 4.90 Å².